The number of carbonyl (C=O) groups excluding carboxylic acids is 2. The zero-order valence-electron chi connectivity index (χ0n) is 10.9. The van der Waals surface area contributed by atoms with Gasteiger partial charge in [-0.2, -0.15) is 9.59 Å². The number of benzene rings is 1. The van der Waals surface area contributed by atoms with E-state index < -0.39 is 5.97 Å². The van der Waals surface area contributed by atoms with Crippen LogP contribution in [0.2, 0.25) is 0 Å². The summed E-state index contributed by atoms with van der Waals surface area (Å²) in [5.41, 5.74) is 2.29. The highest BCUT2D eigenvalue weighted by Crippen LogP contribution is 2.22. The molecule has 1 atom stereocenters. The quantitative estimate of drug-likeness (QED) is 0.886. The topological polar surface area (TPSA) is 109 Å². The minimum Gasteiger partial charge on any atom is -0.477 e. The number of nitrogens with one attached hydrogen (secondary N) is 1. The molecule has 21 heavy (non-hydrogen) atoms. The fourth-order valence-electron chi connectivity index (χ4n) is 2.21. The van der Waals surface area contributed by atoms with Gasteiger partial charge < -0.3 is 14.9 Å². The average molecular weight is 288 g/mol. The lowest BCUT2D eigenvalue weighted by Crippen LogP contribution is -2.16. The normalized spacial score (nSPS) is 16.4. The fourth-order valence-corrected chi connectivity index (χ4v) is 2.21. The van der Waals surface area contributed by atoms with Crippen LogP contribution in [0, 0.1) is 0 Å². The first-order chi connectivity index (χ1) is 10.2. The molecule has 0 amide bonds. The molecule has 3 rings (SSSR count). The van der Waals surface area contributed by atoms with Crippen molar-refractivity contribution < 1.29 is 24.3 Å². The van der Waals surface area contributed by atoms with Crippen LogP contribution in [0.4, 0.5) is 0 Å². The molecule has 0 fully saturated rings. The number of rotatable bonds is 3. The molecule has 0 saturated heterocycles. The highest BCUT2D eigenvalue weighted by atomic mass is 16.6. The molecule has 1 aliphatic heterocycles. The minimum absolute atomic E-state index is 0.0971. The largest absolute Gasteiger partial charge is 0.477 e. The smallest absolute Gasteiger partial charge is 0.373 e. The number of H-pyrrole nitrogens is 1. The van der Waals surface area contributed by atoms with Gasteiger partial charge in [-0.25, -0.2) is 4.79 Å². The number of hydrogen-bond acceptors (Lipinski definition) is 5. The summed E-state index contributed by atoms with van der Waals surface area (Å²) < 4.78 is 0. The summed E-state index contributed by atoms with van der Waals surface area (Å²) in [6.07, 6.45) is 3.02. The van der Waals surface area contributed by atoms with Gasteiger partial charge in [-0.1, -0.05) is 23.4 Å². The predicted molar refractivity (Wildman–Crippen MR) is 71.6 cm³/mol. The Hall–Kier alpha value is -2.92. The van der Waals surface area contributed by atoms with Crippen LogP contribution in [0.15, 0.2) is 35.6 Å². The molecule has 1 aromatic carbocycles. The summed E-state index contributed by atoms with van der Waals surface area (Å²) in [4.78, 5) is 35.3. The van der Waals surface area contributed by atoms with Gasteiger partial charge in [0.15, 0.2) is 5.71 Å². The molecular weight excluding hydrogens is 276 g/mol. The lowest BCUT2D eigenvalue weighted by atomic mass is 10.0. The standard InChI is InChI=1S/C13H12N2O3.CO2/c16-13(17)12-6-9(18-15-12)5-8-7-14-11-4-2-1-3-10(8)11;2-1-3/h1-4,7,9,14H,5-6H2,(H,16,17);/t9-;/m1./s1. The lowest BCUT2D eigenvalue weighted by molar-refractivity contribution is -0.191. The van der Waals surface area contributed by atoms with Crippen LogP contribution in [-0.4, -0.2) is 34.0 Å². The number of fused-ring (bicyclic) bond motifs is 1. The van der Waals surface area contributed by atoms with Crippen LogP contribution in [0.25, 0.3) is 10.9 Å². The number of carboxylic acid groups (broad SMARTS) is 1. The van der Waals surface area contributed by atoms with Crippen molar-refractivity contribution in [3.63, 3.8) is 0 Å². The first-order valence-corrected chi connectivity index (χ1v) is 6.16. The number of aromatic amines is 1. The molecule has 7 nitrogen and oxygen atoms in total. The van der Waals surface area contributed by atoms with E-state index in [9.17, 15) is 4.79 Å². The van der Waals surface area contributed by atoms with Crippen LogP contribution in [-0.2, 0) is 25.6 Å². The Morgan fingerprint density at radius 3 is 2.81 bits per heavy atom. The number of oxime groups is 1. The molecule has 0 aliphatic carbocycles. The highest BCUT2D eigenvalue weighted by molar-refractivity contribution is 6.35. The van der Waals surface area contributed by atoms with Gasteiger partial charge in [0.2, 0.25) is 0 Å². The first-order valence-electron chi connectivity index (χ1n) is 6.16. The number of aromatic nitrogens is 1. The summed E-state index contributed by atoms with van der Waals surface area (Å²) in [6, 6.07) is 8.00. The zero-order chi connectivity index (χ0) is 15.2. The number of aliphatic carboxylic acids is 1. The molecule has 1 aliphatic rings. The van der Waals surface area contributed by atoms with E-state index in [-0.39, 0.29) is 18.0 Å². The van der Waals surface area contributed by atoms with Gasteiger partial charge in [0.1, 0.15) is 6.10 Å². The van der Waals surface area contributed by atoms with E-state index in [0.29, 0.717) is 12.8 Å². The van der Waals surface area contributed by atoms with Crippen LogP contribution < -0.4 is 0 Å². The van der Waals surface area contributed by atoms with E-state index in [1.807, 2.05) is 30.5 Å². The Morgan fingerprint density at radius 2 is 2.14 bits per heavy atom. The number of para-hydroxylation sites is 1. The van der Waals surface area contributed by atoms with Gasteiger partial charge in [-0.05, 0) is 11.6 Å². The average Bonchev–Trinajstić information content (AvgIpc) is 3.08. The summed E-state index contributed by atoms with van der Waals surface area (Å²) >= 11 is 0. The van der Waals surface area contributed by atoms with Crippen LogP contribution >= 0.6 is 0 Å². The third-order valence-corrected chi connectivity index (χ3v) is 3.10. The van der Waals surface area contributed by atoms with Crippen molar-refractivity contribution in [2.24, 2.45) is 5.16 Å². The van der Waals surface area contributed by atoms with Crippen LogP contribution in [0.1, 0.15) is 12.0 Å². The van der Waals surface area contributed by atoms with Gasteiger partial charge in [-0.3, -0.25) is 0 Å². The second kappa shape index (κ2) is 6.49. The summed E-state index contributed by atoms with van der Waals surface area (Å²) in [7, 11) is 0. The molecule has 0 saturated carbocycles. The Bertz CT molecular complexity index is 713. The van der Waals surface area contributed by atoms with Crippen molar-refractivity contribution in [2.75, 3.05) is 0 Å². The van der Waals surface area contributed by atoms with E-state index in [0.717, 1.165) is 16.5 Å². The molecule has 0 unspecified atom stereocenters. The second-order valence-corrected chi connectivity index (χ2v) is 4.42. The molecule has 0 spiro atoms. The van der Waals surface area contributed by atoms with Gasteiger partial charge in [0.25, 0.3) is 0 Å². The molecule has 2 aromatic rings. The van der Waals surface area contributed by atoms with Gasteiger partial charge in [0.05, 0.1) is 0 Å². The summed E-state index contributed by atoms with van der Waals surface area (Å²) in [5.74, 6) is -1.00. The number of nitrogens with zero attached hydrogens (tertiary/aromatic N) is 1. The van der Waals surface area contributed by atoms with Crippen molar-refractivity contribution >= 4 is 28.7 Å². The van der Waals surface area contributed by atoms with Crippen molar-refractivity contribution in [2.45, 2.75) is 18.9 Å². The van der Waals surface area contributed by atoms with Gasteiger partial charge in [-0.15, -0.1) is 0 Å². The number of carbonyl (C=O) groups is 1. The third kappa shape index (κ3) is 3.34. The SMILES string of the molecule is O=C(O)C1=NO[C@H](Cc2c[nH]c3ccccc23)C1.O=C=O. The minimum atomic E-state index is -1.00. The number of hydrogen-bond donors (Lipinski definition) is 2. The van der Waals surface area contributed by atoms with E-state index >= 15 is 0 Å². The molecule has 0 bridgehead atoms. The van der Waals surface area contributed by atoms with E-state index in [1.54, 1.807) is 0 Å². The van der Waals surface area contributed by atoms with E-state index in [1.165, 1.54) is 0 Å². The fraction of sp³-hybridized carbons (Fsp3) is 0.214. The maximum absolute atomic E-state index is 10.7. The summed E-state index contributed by atoms with van der Waals surface area (Å²) in [6.45, 7) is 0. The van der Waals surface area contributed by atoms with Crippen LogP contribution in [0.5, 0.6) is 0 Å². The molecule has 108 valence electrons. The molecule has 2 heterocycles. The van der Waals surface area contributed by atoms with Gasteiger partial charge >= 0.3 is 12.1 Å². The number of carboxylic acids is 1. The van der Waals surface area contributed by atoms with Gasteiger partial charge in [0, 0.05) is 29.9 Å². The molecule has 1 aromatic heterocycles. The monoisotopic (exact) mass is 288 g/mol. The Labute approximate surface area is 119 Å². The Kier molecular flexibility index (Phi) is 4.48. The van der Waals surface area contributed by atoms with Crippen molar-refractivity contribution in [3.8, 4) is 0 Å². The van der Waals surface area contributed by atoms with Crippen molar-refractivity contribution in [1.29, 1.82) is 0 Å². The predicted octanol–water partition coefficient (Wildman–Crippen LogP) is 1.36. The first kappa shape index (κ1) is 14.5. The molecule has 2 N–H and O–H groups in total. The van der Waals surface area contributed by atoms with Crippen molar-refractivity contribution in [1.82, 2.24) is 4.98 Å². The Balaban J connectivity index is 0.000000497. The van der Waals surface area contributed by atoms with Crippen LogP contribution in [0.3, 0.4) is 0 Å². The maximum atomic E-state index is 10.7. The molecular formula is C14H12N2O5. The molecule has 7 heteroatoms. The lowest BCUT2D eigenvalue weighted by Gasteiger charge is -2.06. The highest BCUT2D eigenvalue weighted by Gasteiger charge is 2.26. The maximum Gasteiger partial charge on any atom is 0.373 e. The van der Waals surface area contributed by atoms with Crippen molar-refractivity contribution in [3.05, 3.63) is 36.0 Å². The third-order valence-electron chi connectivity index (χ3n) is 3.10. The Morgan fingerprint density at radius 1 is 1.43 bits per heavy atom. The summed E-state index contributed by atoms with van der Waals surface area (Å²) in [5, 5.41) is 13.5. The molecule has 0 radical (unpaired) electrons. The second-order valence-electron chi connectivity index (χ2n) is 4.42. The van der Waals surface area contributed by atoms with E-state index in [2.05, 4.69) is 10.1 Å². The zero-order valence-corrected chi connectivity index (χ0v) is 10.9. The van der Waals surface area contributed by atoms with E-state index in [4.69, 9.17) is 19.5 Å².